The van der Waals surface area contributed by atoms with E-state index in [0.29, 0.717) is 0 Å². The number of amides is 1. The summed E-state index contributed by atoms with van der Waals surface area (Å²) in [5.41, 5.74) is 5.12. The van der Waals surface area contributed by atoms with Gasteiger partial charge in [0.15, 0.2) is 0 Å². The van der Waals surface area contributed by atoms with E-state index in [0.717, 1.165) is 38.6 Å². The van der Waals surface area contributed by atoms with Gasteiger partial charge in [-0.25, -0.2) is 4.79 Å². The fraction of sp³-hybridized carbons (Fsp3) is 0.143. The molecule has 32 heavy (non-hydrogen) atoms. The third kappa shape index (κ3) is 3.54. The van der Waals surface area contributed by atoms with Gasteiger partial charge in [-0.05, 0) is 38.6 Å². The second-order valence-corrected chi connectivity index (χ2v) is 8.08. The number of carbonyl (C=O) groups excluding carboxylic acids is 2. The third-order valence-electron chi connectivity index (χ3n) is 6.17. The van der Waals surface area contributed by atoms with Crippen LogP contribution >= 0.6 is 0 Å². The molecule has 4 nitrogen and oxygen atoms in total. The normalized spacial score (nSPS) is 13.3. The first-order chi connectivity index (χ1) is 15.7. The summed E-state index contributed by atoms with van der Waals surface area (Å²) in [6.45, 7) is 0. The van der Waals surface area contributed by atoms with Crippen LogP contribution in [0.15, 0.2) is 91.0 Å². The summed E-state index contributed by atoms with van der Waals surface area (Å²) < 4.78 is 5.11. The van der Waals surface area contributed by atoms with Crippen LogP contribution in [0.4, 0.5) is 0 Å². The van der Waals surface area contributed by atoms with Crippen LogP contribution in [0.1, 0.15) is 22.6 Å². The number of methoxy groups -OCH3 is 1. The van der Waals surface area contributed by atoms with Crippen LogP contribution in [0.2, 0.25) is 0 Å². The molecule has 0 aliphatic heterocycles. The maximum absolute atomic E-state index is 13.0. The van der Waals surface area contributed by atoms with Crippen molar-refractivity contribution in [2.24, 2.45) is 0 Å². The molecule has 0 aromatic heterocycles. The molecule has 1 aliphatic carbocycles. The van der Waals surface area contributed by atoms with Gasteiger partial charge < -0.3 is 10.1 Å². The number of rotatable bonds is 5. The number of carbonyl (C=O) groups is 2. The van der Waals surface area contributed by atoms with Crippen LogP contribution in [0, 0.1) is 0 Å². The second kappa shape index (κ2) is 8.31. The summed E-state index contributed by atoms with van der Waals surface area (Å²) >= 11 is 0. The van der Waals surface area contributed by atoms with Gasteiger partial charge in [0.1, 0.15) is 6.04 Å². The average molecular weight is 421 g/mol. The van der Waals surface area contributed by atoms with Crippen molar-refractivity contribution >= 4 is 22.6 Å². The number of benzene rings is 4. The Labute approximate surface area is 186 Å². The van der Waals surface area contributed by atoms with Gasteiger partial charge in [-0.15, -0.1) is 0 Å². The molecule has 0 unspecified atom stereocenters. The van der Waals surface area contributed by atoms with Crippen LogP contribution in [0.25, 0.3) is 21.9 Å². The molecule has 0 fully saturated rings. The Morgan fingerprint density at radius 2 is 1.41 bits per heavy atom. The van der Waals surface area contributed by atoms with E-state index in [2.05, 4.69) is 17.4 Å². The summed E-state index contributed by atoms with van der Waals surface area (Å²) in [4.78, 5) is 25.9. The summed E-state index contributed by atoms with van der Waals surface area (Å²) in [5, 5.41) is 5.19. The minimum Gasteiger partial charge on any atom is -0.467 e. The Hall–Kier alpha value is -3.92. The van der Waals surface area contributed by atoms with E-state index in [1.165, 1.54) is 7.11 Å². The number of fused-ring (bicyclic) bond motifs is 4. The summed E-state index contributed by atoms with van der Waals surface area (Å²) in [6.07, 6.45) is 0.189. The lowest BCUT2D eigenvalue weighted by atomic mass is 9.89. The third-order valence-corrected chi connectivity index (χ3v) is 6.17. The lowest BCUT2D eigenvalue weighted by molar-refractivity contribution is -0.145. The van der Waals surface area contributed by atoms with Crippen molar-refractivity contribution in [1.82, 2.24) is 5.32 Å². The van der Waals surface area contributed by atoms with Crippen molar-refractivity contribution in [2.75, 3.05) is 7.11 Å². The molecule has 1 atom stereocenters. The lowest BCUT2D eigenvalue weighted by Gasteiger charge is -2.24. The van der Waals surface area contributed by atoms with E-state index in [9.17, 15) is 9.59 Å². The van der Waals surface area contributed by atoms with Gasteiger partial charge in [-0.1, -0.05) is 91.0 Å². The van der Waals surface area contributed by atoms with Crippen LogP contribution in [0.3, 0.4) is 0 Å². The van der Waals surface area contributed by atoms with E-state index in [4.69, 9.17) is 4.74 Å². The van der Waals surface area contributed by atoms with Crippen LogP contribution in [-0.4, -0.2) is 25.0 Å². The zero-order valence-electron chi connectivity index (χ0n) is 17.7. The lowest BCUT2D eigenvalue weighted by Crippen LogP contribution is -2.46. The molecule has 0 bridgehead atoms. The quantitative estimate of drug-likeness (QED) is 0.469. The zero-order valence-corrected chi connectivity index (χ0v) is 17.7. The predicted molar refractivity (Wildman–Crippen MR) is 125 cm³/mol. The monoisotopic (exact) mass is 421 g/mol. The SMILES string of the molecule is COC(=O)[C@@H](NC(=O)Cc1ccc2ccccc2c1)C1c2ccccc2-c2ccccc21. The predicted octanol–water partition coefficient (Wildman–Crippen LogP) is 4.85. The van der Waals surface area contributed by atoms with Gasteiger partial charge in [-0.3, -0.25) is 4.79 Å². The largest absolute Gasteiger partial charge is 0.467 e. The highest BCUT2D eigenvalue weighted by molar-refractivity contribution is 5.91. The second-order valence-electron chi connectivity index (χ2n) is 8.08. The van der Waals surface area contributed by atoms with Gasteiger partial charge in [0.25, 0.3) is 0 Å². The molecule has 4 aromatic carbocycles. The van der Waals surface area contributed by atoms with E-state index in [1.54, 1.807) is 0 Å². The smallest absolute Gasteiger partial charge is 0.329 e. The fourth-order valence-corrected chi connectivity index (χ4v) is 4.72. The molecule has 1 amide bonds. The Bertz CT molecular complexity index is 1280. The molecular weight excluding hydrogens is 398 g/mol. The standard InChI is InChI=1S/C28H23NO3/c1-32-28(31)27(26-23-12-6-4-10-21(23)22-11-5-7-13-24(22)26)29-25(30)17-18-14-15-19-8-2-3-9-20(19)16-18/h2-16,26-27H,17H2,1H3,(H,29,30)/t27-/m0/s1. The molecule has 1 N–H and O–H groups in total. The molecule has 0 spiro atoms. The first kappa shape index (κ1) is 20.0. The van der Waals surface area contributed by atoms with Crippen LogP contribution in [0.5, 0.6) is 0 Å². The molecule has 158 valence electrons. The van der Waals surface area contributed by atoms with Crippen LogP contribution in [-0.2, 0) is 20.7 Å². The van der Waals surface area contributed by atoms with Crippen molar-refractivity contribution in [3.63, 3.8) is 0 Å². The highest BCUT2D eigenvalue weighted by Gasteiger charge is 2.39. The van der Waals surface area contributed by atoms with Gasteiger partial charge in [0.2, 0.25) is 5.91 Å². The maximum Gasteiger partial charge on any atom is 0.329 e. The van der Waals surface area contributed by atoms with Crippen LogP contribution < -0.4 is 5.32 Å². The first-order valence-corrected chi connectivity index (χ1v) is 10.7. The summed E-state index contributed by atoms with van der Waals surface area (Å²) in [5.74, 6) is -0.957. The van der Waals surface area contributed by atoms with Gasteiger partial charge in [-0.2, -0.15) is 0 Å². The van der Waals surface area contributed by atoms with Crippen molar-refractivity contribution < 1.29 is 14.3 Å². The van der Waals surface area contributed by atoms with Crippen molar-refractivity contribution in [3.8, 4) is 11.1 Å². The first-order valence-electron chi connectivity index (χ1n) is 10.7. The van der Waals surface area contributed by atoms with Gasteiger partial charge in [0, 0.05) is 5.92 Å². The van der Waals surface area contributed by atoms with Crippen molar-refractivity contribution in [1.29, 1.82) is 0 Å². The van der Waals surface area contributed by atoms with E-state index in [1.807, 2.05) is 78.9 Å². The molecule has 0 heterocycles. The minimum absolute atomic E-state index is 0.189. The number of ether oxygens (including phenoxy) is 1. The summed E-state index contributed by atoms with van der Waals surface area (Å²) in [6, 6.07) is 29.3. The number of hydrogen-bond acceptors (Lipinski definition) is 3. The van der Waals surface area contributed by atoms with Crippen molar-refractivity contribution in [3.05, 3.63) is 108 Å². The van der Waals surface area contributed by atoms with E-state index in [-0.39, 0.29) is 18.2 Å². The molecule has 5 rings (SSSR count). The zero-order chi connectivity index (χ0) is 22.1. The Morgan fingerprint density at radius 3 is 2.06 bits per heavy atom. The molecular formula is C28H23NO3. The fourth-order valence-electron chi connectivity index (χ4n) is 4.72. The Kier molecular flexibility index (Phi) is 5.20. The highest BCUT2D eigenvalue weighted by Crippen LogP contribution is 2.46. The average Bonchev–Trinajstić information content (AvgIpc) is 3.16. The Morgan fingerprint density at radius 1 is 0.812 bits per heavy atom. The van der Waals surface area contributed by atoms with E-state index >= 15 is 0 Å². The van der Waals surface area contributed by atoms with E-state index < -0.39 is 12.0 Å². The number of esters is 1. The molecule has 4 aromatic rings. The molecule has 0 saturated heterocycles. The number of nitrogens with one attached hydrogen (secondary N) is 1. The van der Waals surface area contributed by atoms with Crippen molar-refractivity contribution in [2.45, 2.75) is 18.4 Å². The van der Waals surface area contributed by atoms with Gasteiger partial charge >= 0.3 is 5.97 Å². The Balaban J connectivity index is 1.45. The summed E-state index contributed by atoms with van der Waals surface area (Å²) in [7, 11) is 1.36. The highest BCUT2D eigenvalue weighted by atomic mass is 16.5. The topological polar surface area (TPSA) is 55.4 Å². The molecule has 1 aliphatic rings. The minimum atomic E-state index is -0.808. The number of hydrogen-bond donors (Lipinski definition) is 1. The molecule has 0 radical (unpaired) electrons. The molecule has 4 heteroatoms. The van der Waals surface area contributed by atoms with Gasteiger partial charge in [0.05, 0.1) is 13.5 Å². The molecule has 0 saturated carbocycles. The maximum atomic E-state index is 13.0.